The second kappa shape index (κ2) is 7.04. The van der Waals surface area contributed by atoms with Crippen molar-refractivity contribution < 1.29 is 27.8 Å². The second-order valence-electron chi connectivity index (χ2n) is 6.46. The van der Waals surface area contributed by atoms with Gasteiger partial charge >= 0.3 is 6.18 Å². The fraction of sp³-hybridized carbons (Fsp3) is 0.688. The van der Waals surface area contributed by atoms with E-state index >= 15 is 0 Å². The van der Waals surface area contributed by atoms with Crippen molar-refractivity contribution in [2.75, 3.05) is 24.7 Å². The van der Waals surface area contributed by atoms with Crippen LogP contribution in [0.15, 0.2) is 12.1 Å². The number of hydrogen-bond acceptors (Lipinski definition) is 5. The highest BCUT2D eigenvalue weighted by Crippen LogP contribution is 2.33. The van der Waals surface area contributed by atoms with Gasteiger partial charge in [-0.2, -0.15) is 18.2 Å². The standard InChI is InChI=1S/C16H23F3N2O3/c1-4-5-15(2,3)24-14-9-11(22)8-13(20-14)21-6-7-23-10-12(21)16(17,18)19/h8-9,12H,4-7,10H2,1-3H3,(H,20,22). The van der Waals surface area contributed by atoms with Crippen LogP contribution >= 0.6 is 0 Å². The van der Waals surface area contributed by atoms with Gasteiger partial charge in [0.2, 0.25) is 5.88 Å². The van der Waals surface area contributed by atoms with Crippen molar-refractivity contribution in [1.29, 1.82) is 0 Å². The molecule has 2 heterocycles. The molecule has 1 atom stereocenters. The van der Waals surface area contributed by atoms with Crippen LogP contribution in [-0.4, -0.2) is 47.7 Å². The number of nitrogens with zero attached hydrogens (tertiary/aromatic N) is 2. The van der Waals surface area contributed by atoms with E-state index in [-0.39, 0.29) is 30.6 Å². The molecule has 1 fully saturated rings. The summed E-state index contributed by atoms with van der Waals surface area (Å²) in [6, 6.07) is 0.727. The van der Waals surface area contributed by atoms with E-state index in [4.69, 9.17) is 9.47 Å². The number of alkyl halides is 3. The predicted octanol–water partition coefficient (Wildman–Crippen LogP) is 3.51. The Morgan fingerprint density at radius 3 is 2.71 bits per heavy atom. The third-order valence-corrected chi connectivity index (χ3v) is 3.81. The SMILES string of the molecule is CCCC(C)(C)Oc1cc(O)cc(N2CCOCC2C(F)(F)F)n1. The zero-order chi connectivity index (χ0) is 18.0. The molecule has 0 aliphatic carbocycles. The zero-order valence-electron chi connectivity index (χ0n) is 14.1. The Kier molecular flexibility index (Phi) is 5.47. The van der Waals surface area contributed by atoms with Crippen LogP contribution in [0.25, 0.3) is 0 Å². The normalized spacial score (nSPS) is 19.4. The quantitative estimate of drug-likeness (QED) is 0.882. The molecule has 24 heavy (non-hydrogen) atoms. The van der Waals surface area contributed by atoms with Crippen LogP contribution in [-0.2, 0) is 4.74 Å². The maximum Gasteiger partial charge on any atom is 0.411 e. The van der Waals surface area contributed by atoms with Gasteiger partial charge < -0.3 is 19.5 Å². The molecule has 1 saturated heterocycles. The van der Waals surface area contributed by atoms with Crippen LogP contribution in [0.5, 0.6) is 11.6 Å². The smallest absolute Gasteiger partial charge is 0.411 e. The van der Waals surface area contributed by atoms with E-state index in [9.17, 15) is 18.3 Å². The summed E-state index contributed by atoms with van der Waals surface area (Å²) in [5, 5.41) is 9.88. The summed E-state index contributed by atoms with van der Waals surface area (Å²) in [5.74, 6) is -0.0477. The van der Waals surface area contributed by atoms with Gasteiger partial charge in [-0.25, -0.2) is 0 Å². The van der Waals surface area contributed by atoms with Crippen molar-refractivity contribution >= 4 is 5.82 Å². The summed E-state index contributed by atoms with van der Waals surface area (Å²) in [6.07, 6.45) is -2.81. The Morgan fingerprint density at radius 2 is 2.08 bits per heavy atom. The van der Waals surface area contributed by atoms with Crippen LogP contribution in [0.4, 0.5) is 19.0 Å². The van der Waals surface area contributed by atoms with Crippen molar-refractivity contribution in [2.24, 2.45) is 0 Å². The van der Waals surface area contributed by atoms with E-state index < -0.39 is 24.4 Å². The Labute approximate surface area is 139 Å². The number of morpholine rings is 1. The molecule has 1 aromatic rings. The number of aromatic hydroxyl groups is 1. The highest BCUT2D eigenvalue weighted by Gasteiger charge is 2.46. The Bertz CT molecular complexity index is 564. The lowest BCUT2D eigenvalue weighted by Gasteiger charge is -2.37. The molecule has 0 aromatic carbocycles. The minimum absolute atomic E-state index is 0.0305. The topological polar surface area (TPSA) is 54.8 Å². The van der Waals surface area contributed by atoms with Gasteiger partial charge in [-0.1, -0.05) is 13.3 Å². The van der Waals surface area contributed by atoms with E-state index in [0.29, 0.717) is 0 Å². The number of aromatic nitrogens is 1. The third kappa shape index (κ3) is 4.66. The van der Waals surface area contributed by atoms with Crippen LogP contribution < -0.4 is 9.64 Å². The molecule has 1 aromatic heterocycles. The maximum atomic E-state index is 13.2. The number of halogens is 3. The molecule has 0 spiro atoms. The summed E-state index contributed by atoms with van der Waals surface area (Å²) in [6.45, 7) is 5.50. The molecule has 1 unspecified atom stereocenters. The maximum absolute atomic E-state index is 13.2. The molecule has 1 N–H and O–H groups in total. The summed E-state index contributed by atoms with van der Waals surface area (Å²) < 4.78 is 50.3. The number of ether oxygens (including phenoxy) is 2. The van der Waals surface area contributed by atoms with Gasteiger partial charge in [0.15, 0.2) is 0 Å². The highest BCUT2D eigenvalue weighted by molar-refractivity contribution is 5.48. The zero-order valence-corrected chi connectivity index (χ0v) is 14.1. The van der Waals surface area contributed by atoms with E-state index in [1.54, 1.807) is 0 Å². The molecule has 5 nitrogen and oxygen atoms in total. The molecular weight excluding hydrogens is 325 g/mol. The van der Waals surface area contributed by atoms with Gasteiger partial charge in [-0.15, -0.1) is 0 Å². The van der Waals surface area contributed by atoms with Gasteiger partial charge in [0, 0.05) is 18.7 Å². The van der Waals surface area contributed by atoms with Crippen LogP contribution in [0.3, 0.4) is 0 Å². The highest BCUT2D eigenvalue weighted by atomic mass is 19.4. The van der Waals surface area contributed by atoms with E-state index in [1.807, 2.05) is 20.8 Å². The minimum atomic E-state index is -4.45. The first-order valence-electron chi connectivity index (χ1n) is 7.93. The number of hydrogen-bond donors (Lipinski definition) is 1. The van der Waals surface area contributed by atoms with Gasteiger partial charge in [0.1, 0.15) is 23.2 Å². The fourth-order valence-electron chi connectivity index (χ4n) is 2.76. The van der Waals surface area contributed by atoms with Crippen molar-refractivity contribution in [1.82, 2.24) is 4.98 Å². The molecule has 0 amide bonds. The molecule has 0 saturated carbocycles. The van der Waals surface area contributed by atoms with Gasteiger partial charge in [0.25, 0.3) is 0 Å². The van der Waals surface area contributed by atoms with E-state index in [0.717, 1.165) is 17.7 Å². The molecule has 2 rings (SSSR count). The number of rotatable bonds is 5. The molecule has 8 heteroatoms. The largest absolute Gasteiger partial charge is 0.508 e. The minimum Gasteiger partial charge on any atom is -0.508 e. The Morgan fingerprint density at radius 1 is 1.38 bits per heavy atom. The first-order valence-corrected chi connectivity index (χ1v) is 7.93. The first-order chi connectivity index (χ1) is 11.1. The third-order valence-electron chi connectivity index (χ3n) is 3.81. The summed E-state index contributed by atoms with van der Waals surface area (Å²) in [7, 11) is 0. The van der Waals surface area contributed by atoms with Gasteiger partial charge in [-0.3, -0.25) is 0 Å². The molecule has 1 aliphatic heterocycles. The lowest BCUT2D eigenvalue weighted by atomic mass is 10.0. The lowest BCUT2D eigenvalue weighted by molar-refractivity contribution is -0.167. The summed E-state index contributed by atoms with van der Waals surface area (Å²) >= 11 is 0. The molecule has 0 bridgehead atoms. The van der Waals surface area contributed by atoms with Gasteiger partial charge in [-0.05, 0) is 20.3 Å². The molecule has 136 valence electrons. The van der Waals surface area contributed by atoms with Crippen molar-refractivity contribution in [3.8, 4) is 11.6 Å². The number of pyridine rings is 1. The first kappa shape index (κ1) is 18.6. The van der Waals surface area contributed by atoms with Crippen molar-refractivity contribution in [3.63, 3.8) is 0 Å². The lowest BCUT2D eigenvalue weighted by Crippen LogP contribution is -2.53. The van der Waals surface area contributed by atoms with E-state index in [2.05, 4.69) is 4.98 Å². The van der Waals surface area contributed by atoms with Crippen molar-refractivity contribution in [2.45, 2.75) is 51.4 Å². The molecule has 0 radical (unpaired) electrons. The van der Waals surface area contributed by atoms with E-state index in [1.165, 1.54) is 12.1 Å². The monoisotopic (exact) mass is 348 g/mol. The Hall–Kier alpha value is -1.70. The Balaban J connectivity index is 2.29. The fourth-order valence-corrected chi connectivity index (χ4v) is 2.76. The molecule has 1 aliphatic rings. The number of anilines is 1. The van der Waals surface area contributed by atoms with Crippen LogP contribution in [0.2, 0.25) is 0 Å². The summed E-state index contributed by atoms with van der Waals surface area (Å²) in [5.41, 5.74) is -0.527. The predicted molar refractivity (Wildman–Crippen MR) is 83.5 cm³/mol. The van der Waals surface area contributed by atoms with Crippen LogP contribution in [0.1, 0.15) is 33.6 Å². The van der Waals surface area contributed by atoms with Crippen LogP contribution in [0, 0.1) is 0 Å². The average Bonchev–Trinajstić information content (AvgIpc) is 2.45. The molecular formula is C16H23F3N2O3. The van der Waals surface area contributed by atoms with Crippen molar-refractivity contribution in [3.05, 3.63) is 12.1 Å². The van der Waals surface area contributed by atoms with Gasteiger partial charge in [0.05, 0.1) is 13.2 Å². The summed E-state index contributed by atoms with van der Waals surface area (Å²) in [4.78, 5) is 5.28. The second-order valence-corrected chi connectivity index (χ2v) is 6.46. The average molecular weight is 348 g/mol.